The molecule has 7 nitrogen and oxygen atoms in total. The molecule has 0 fully saturated rings. The largest absolute Gasteiger partial charge is 0.491 e. The lowest BCUT2D eigenvalue weighted by molar-refractivity contribution is 0.0696. The number of aromatic carboxylic acids is 1. The first-order chi connectivity index (χ1) is 9.57. The molecule has 0 amide bonds. The van der Waals surface area contributed by atoms with E-state index in [1.165, 1.54) is 6.92 Å². The van der Waals surface area contributed by atoms with Crippen molar-refractivity contribution in [1.82, 2.24) is 0 Å². The molecule has 0 bridgehead atoms. The molecule has 0 aliphatic rings. The maximum atomic E-state index is 11.4. The average molecular weight is 357 g/mol. The van der Waals surface area contributed by atoms with Crippen LogP contribution in [0.1, 0.15) is 17.3 Å². The fraction of sp³-hybridized carbons (Fsp3) is 0.364. The Bertz CT molecular complexity index is 738. The molecule has 1 rings (SSSR count). The summed E-state index contributed by atoms with van der Waals surface area (Å²) in [6, 6.07) is 3.11. The van der Waals surface area contributed by atoms with Crippen molar-refractivity contribution in [2.24, 2.45) is 0 Å². The van der Waals surface area contributed by atoms with E-state index < -0.39 is 29.8 Å². The molecule has 1 N–H and O–H groups in total. The standard InChI is InChI=1S/C11H13ClO7S2/c1-2-20(15,16)6-5-19-9-4-3-8(11(13)14)7-10(9)21(12,17)18/h3-4,7H,2,5-6H2,1H3,(H,13,14). The lowest BCUT2D eigenvalue weighted by Gasteiger charge is -2.10. The third kappa shape index (κ3) is 5.18. The molecule has 1 aromatic carbocycles. The summed E-state index contributed by atoms with van der Waals surface area (Å²) in [6.45, 7) is 1.22. The van der Waals surface area contributed by atoms with Gasteiger partial charge in [-0.05, 0) is 18.2 Å². The van der Waals surface area contributed by atoms with Crippen LogP contribution in [0, 0.1) is 0 Å². The maximum absolute atomic E-state index is 11.4. The number of sulfone groups is 1. The Balaban J connectivity index is 3.05. The number of hydrogen-bond donors (Lipinski definition) is 1. The lowest BCUT2D eigenvalue weighted by Crippen LogP contribution is -2.16. The summed E-state index contributed by atoms with van der Waals surface area (Å²) in [6.07, 6.45) is 0. The van der Waals surface area contributed by atoms with Gasteiger partial charge in [0.25, 0.3) is 9.05 Å². The number of rotatable bonds is 7. The quantitative estimate of drug-likeness (QED) is 0.728. The minimum Gasteiger partial charge on any atom is -0.491 e. The fourth-order valence-electron chi connectivity index (χ4n) is 1.37. The molecule has 0 spiro atoms. The zero-order valence-electron chi connectivity index (χ0n) is 10.9. The van der Waals surface area contributed by atoms with Crippen LogP contribution in [-0.4, -0.2) is 46.0 Å². The monoisotopic (exact) mass is 356 g/mol. The van der Waals surface area contributed by atoms with Gasteiger partial charge in [-0.15, -0.1) is 0 Å². The first-order valence-corrected chi connectivity index (χ1v) is 9.85. The molecule has 10 heteroatoms. The molecular formula is C11H13ClO7S2. The van der Waals surface area contributed by atoms with Crippen LogP contribution in [0.25, 0.3) is 0 Å². The van der Waals surface area contributed by atoms with Gasteiger partial charge in [-0.3, -0.25) is 0 Å². The second kappa shape index (κ2) is 6.63. The van der Waals surface area contributed by atoms with E-state index in [9.17, 15) is 21.6 Å². The van der Waals surface area contributed by atoms with Crippen molar-refractivity contribution in [2.75, 3.05) is 18.1 Å². The van der Waals surface area contributed by atoms with Crippen molar-refractivity contribution >= 4 is 35.5 Å². The van der Waals surface area contributed by atoms with Crippen LogP contribution in [0.5, 0.6) is 5.75 Å². The normalized spacial score (nSPS) is 12.1. The van der Waals surface area contributed by atoms with Crippen molar-refractivity contribution in [3.63, 3.8) is 0 Å². The molecule has 0 atom stereocenters. The van der Waals surface area contributed by atoms with E-state index in [4.69, 9.17) is 20.5 Å². The van der Waals surface area contributed by atoms with Crippen molar-refractivity contribution in [3.8, 4) is 5.75 Å². The molecule has 0 unspecified atom stereocenters. The summed E-state index contributed by atoms with van der Waals surface area (Å²) in [5, 5.41) is 8.82. The van der Waals surface area contributed by atoms with Crippen molar-refractivity contribution < 1.29 is 31.5 Å². The van der Waals surface area contributed by atoms with Crippen molar-refractivity contribution in [2.45, 2.75) is 11.8 Å². The topological polar surface area (TPSA) is 115 Å². The SMILES string of the molecule is CCS(=O)(=O)CCOc1ccc(C(=O)O)cc1S(=O)(=O)Cl. The van der Waals surface area contributed by atoms with Gasteiger partial charge in [0.1, 0.15) is 17.3 Å². The average Bonchev–Trinajstić information content (AvgIpc) is 2.37. The molecule has 0 saturated heterocycles. The van der Waals surface area contributed by atoms with Gasteiger partial charge in [-0.2, -0.15) is 0 Å². The highest BCUT2D eigenvalue weighted by Crippen LogP contribution is 2.28. The smallest absolute Gasteiger partial charge is 0.335 e. The highest BCUT2D eigenvalue weighted by molar-refractivity contribution is 8.13. The number of hydrogen-bond acceptors (Lipinski definition) is 6. The van der Waals surface area contributed by atoms with Crippen LogP contribution in [0.2, 0.25) is 0 Å². The van der Waals surface area contributed by atoms with Gasteiger partial charge in [0, 0.05) is 16.4 Å². The minimum atomic E-state index is -4.23. The number of carboxylic acid groups (broad SMARTS) is 1. The molecule has 0 saturated carbocycles. The predicted molar refractivity (Wildman–Crippen MR) is 76.3 cm³/mol. The number of halogens is 1. The van der Waals surface area contributed by atoms with E-state index in [2.05, 4.69) is 0 Å². The zero-order valence-corrected chi connectivity index (χ0v) is 13.3. The van der Waals surface area contributed by atoms with Gasteiger partial charge < -0.3 is 9.84 Å². The number of carboxylic acids is 1. The molecule has 0 heterocycles. The summed E-state index contributed by atoms with van der Waals surface area (Å²) in [7, 11) is -2.27. The third-order valence-corrected chi connectivity index (χ3v) is 5.56. The van der Waals surface area contributed by atoms with Crippen LogP contribution in [0.4, 0.5) is 0 Å². The first kappa shape index (κ1) is 17.7. The van der Waals surface area contributed by atoms with E-state index in [0.717, 1.165) is 18.2 Å². The maximum Gasteiger partial charge on any atom is 0.335 e. The van der Waals surface area contributed by atoms with Gasteiger partial charge >= 0.3 is 5.97 Å². The number of ether oxygens (including phenoxy) is 1. The van der Waals surface area contributed by atoms with Crippen LogP contribution >= 0.6 is 10.7 Å². The van der Waals surface area contributed by atoms with E-state index in [-0.39, 0.29) is 29.4 Å². The Hall–Kier alpha value is -1.32. The van der Waals surface area contributed by atoms with Gasteiger partial charge in [0.05, 0.1) is 11.3 Å². The van der Waals surface area contributed by atoms with Crippen LogP contribution in [-0.2, 0) is 18.9 Å². The van der Waals surface area contributed by atoms with Crippen LogP contribution < -0.4 is 4.74 Å². The number of benzene rings is 1. The molecule has 0 aliphatic heterocycles. The Morgan fingerprint density at radius 3 is 2.38 bits per heavy atom. The van der Waals surface area contributed by atoms with E-state index >= 15 is 0 Å². The Morgan fingerprint density at radius 2 is 1.90 bits per heavy atom. The zero-order chi connectivity index (χ0) is 16.3. The van der Waals surface area contributed by atoms with Gasteiger partial charge in [0.2, 0.25) is 0 Å². The van der Waals surface area contributed by atoms with E-state index in [1.54, 1.807) is 0 Å². The molecule has 0 aromatic heterocycles. The summed E-state index contributed by atoms with van der Waals surface area (Å²) in [5.74, 6) is -1.86. The molecule has 118 valence electrons. The Labute approximate surface area is 126 Å². The summed E-state index contributed by atoms with van der Waals surface area (Å²) >= 11 is 0. The van der Waals surface area contributed by atoms with Crippen LogP contribution in [0.15, 0.2) is 23.1 Å². The molecule has 21 heavy (non-hydrogen) atoms. The van der Waals surface area contributed by atoms with Gasteiger partial charge in [-0.1, -0.05) is 6.92 Å². The number of carbonyl (C=O) groups is 1. The molecule has 1 aromatic rings. The second-order valence-corrected chi connectivity index (χ2v) is 9.00. The van der Waals surface area contributed by atoms with Crippen molar-refractivity contribution in [3.05, 3.63) is 23.8 Å². The predicted octanol–water partition coefficient (Wildman–Crippen LogP) is 1.13. The molecular weight excluding hydrogens is 344 g/mol. The molecule has 0 aliphatic carbocycles. The minimum absolute atomic E-state index is 0.0605. The second-order valence-electron chi connectivity index (χ2n) is 3.99. The van der Waals surface area contributed by atoms with E-state index in [0.29, 0.717) is 0 Å². The summed E-state index contributed by atoms with van der Waals surface area (Å²) in [5.41, 5.74) is -0.275. The third-order valence-electron chi connectivity index (χ3n) is 2.55. The highest BCUT2D eigenvalue weighted by Gasteiger charge is 2.20. The Morgan fingerprint density at radius 1 is 1.29 bits per heavy atom. The van der Waals surface area contributed by atoms with Crippen LogP contribution in [0.3, 0.4) is 0 Å². The van der Waals surface area contributed by atoms with Gasteiger partial charge in [0.15, 0.2) is 9.84 Å². The van der Waals surface area contributed by atoms with Gasteiger partial charge in [-0.25, -0.2) is 21.6 Å². The van der Waals surface area contributed by atoms with E-state index in [1.807, 2.05) is 0 Å². The summed E-state index contributed by atoms with van der Waals surface area (Å²) < 4.78 is 50.6. The lowest BCUT2D eigenvalue weighted by atomic mass is 10.2. The Kier molecular flexibility index (Phi) is 5.60. The summed E-state index contributed by atoms with van der Waals surface area (Å²) in [4.78, 5) is 10.3. The fourth-order valence-corrected chi connectivity index (χ4v) is 3.00. The van der Waals surface area contributed by atoms with Crippen molar-refractivity contribution in [1.29, 1.82) is 0 Å². The molecule has 0 radical (unpaired) electrons. The highest BCUT2D eigenvalue weighted by atomic mass is 35.7. The first-order valence-electron chi connectivity index (χ1n) is 5.72.